The number of carbonyl (C=O) groups excluding carboxylic acids is 2. The van der Waals surface area contributed by atoms with Crippen LogP contribution in [0.4, 0.5) is 0 Å². The number of benzene rings is 1. The van der Waals surface area contributed by atoms with Crippen LogP contribution in [-0.4, -0.2) is 64.3 Å². The molecule has 0 spiro atoms. The molecular formula is C23H30N4O2. The largest absolute Gasteiger partial charge is 0.330 e. The zero-order valence-electron chi connectivity index (χ0n) is 17.5. The normalized spacial score (nSPS) is 28.6. The second kappa shape index (κ2) is 7.79. The summed E-state index contributed by atoms with van der Waals surface area (Å²) in [6, 6.07) is 10.5. The van der Waals surface area contributed by atoms with Crippen LogP contribution in [0, 0.1) is 24.2 Å². The molecule has 3 fully saturated rings. The number of hydrogen-bond acceptors (Lipinski definition) is 4. The van der Waals surface area contributed by atoms with E-state index in [0.717, 1.165) is 25.8 Å². The van der Waals surface area contributed by atoms with Crippen molar-refractivity contribution in [3.63, 3.8) is 0 Å². The van der Waals surface area contributed by atoms with E-state index < -0.39 is 0 Å². The van der Waals surface area contributed by atoms with Crippen LogP contribution in [0.15, 0.2) is 24.3 Å². The van der Waals surface area contributed by atoms with Gasteiger partial charge >= 0.3 is 0 Å². The van der Waals surface area contributed by atoms with Gasteiger partial charge in [0.25, 0.3) is 0 Å². The first-order chi connectivity index (χ1) is 13.9. The van der Waals surface area contributed by atoms with E-state index in [4.69, 9.17) is 0 Å². The van der Waals surface area contributed by atoms with Crippen molar-refractivity contribution in [1.29, 1.82) is 5.26 Å². The Morgan fingerprint density at radius 2 is 2.00 bits per heavy atom. The van der Waals surface area contributed by atoms with Crippen molar-refractivity contribution >= 4 is 11.8 Å². The van der Waals surface area contributed by atoms with Crippen molar-refractivity contribution < 1.29 is 9.59 Å². The molecule has 0 radical (unpaired) electrons. The SMILES string of the molecule is Cc1ccc([C@@H](C)N2C(=O)[C@H]3C[C@@H]2CN3C[C@H](C)C(=O)N2CCC[C@H]2C#N)cc1. The molecule has 4 rings (SSSR count). The lowest BCUT2D eigenvalue weighted by Gasteiger charge is -2.38. The van der Waals surface area contributed by atoms with Gasteiger partial charge in [-0.1, -0.05) is 36.8 Å². The first-order valence-electron chi connectivity index (χ1n) is 10.7. The summed E-state index contributed by atoms with van der Waals surface area (Å²) in [4.78, 5) is 31.9. The van der Waals surface area contributed by atoms with Crippen molar-refractivity contribution in [2.45, 2.75) is 64.2 Å². The number of fused-ring (bicyclic) bond motifs is 2. The Balaban J connectivity index is 1.39. The summed E-state index contributed by atoms with van der Waals surface area (Å²) < 4.78 is 0. The average molecular weight is 395 g/mol. The van der Waals surface area contributed by atoms with E-state index in [1.165, 1.54) is 11.1 Å². The number of aryl methyl sites for hydroxylation is 1. The molecular weight excluding hydrogens is 364 g/mol. The molecule has 5 atom stereocenters. The maximum Gasteiger partial charge on any atom is 0.240 e. The van der Waals surface area contributed by atoms with Gasteiger partial charge < -0.3 is 9.80 Å². The first-order valence-corrected chi connectivity index (χ1v) is 10.7. The summed E-state index contributed by atoms with van der Waals surface area (Å²) in [6.07, 6.45) is 2.52. The van der Waals surface area contributed by atoms with Gasteiger partial charge in [0.05, 0.1) is 18.2 Å². The monoisotopic (exact) mass is 394 g/mol. The molecule has 3 heterocycles. The molecule has 0 aromatic heterocycles. The molecule has 0 aliphatic carbocycles. The third kappa shape index (κ3) is 3.53. The molecule has 2 bridgehead atoms. The topological polar surface area (TPSA) is 67.7 Å². The van der Waals surface area contributed by atoms with Crippen LogP contribution in [-0.2, 0) is 9.59 Å². The molecule has 1 aromatic carbocycles. The second-order valence-corrected chi connectivity index (χ2v) is 8.91. The van der Waals surface area contributed by atoms with Crippen molar-refractivity contribution in [3.05, 3.63) is 35.4 Å². The predicted molar refractivity (Wildman–Crippen MR) is 110 cm³/mol. The Kier molecular flexibility index (Phi) is 5.35. The predicted octanol–water partition coefficient (Wildman–Crippen LogP) is 2.49. The van der Waals surface area contributed by atoms with Crippen LogP contribution in [0.5, 0.6) is 0 Å². The lowest BCUT2D eigenvalue weighted by molar-refractivity contribution is -0.142. The Morgan fingerprint density at radius 1 is 1.28 bits per heavy atom. The van der Waals surface area contributed by atoms with Crippen LogP contribution in [0.3, 0.4) is 0 Å². The molecule has 6 heteroatoms. The van der Waals surface area contributed by atoms with E-state index in [0.29, 0.717) is 13.1 Å². The minimum atomic E-state index is -0.285. The summed E-state index contributed by atoms with van der Waals surface area (Å²) in [5.41, 5.74) is 2.39. The van der Waals surface area contributed by atoms with Crippen molar-refractivity contribution in [2.75, 3.05) is 19.6 Å². The number of piperazine rings is 1. The summed E-state index contributed by atoms with van der Waals surface area (Å²) in [5, 5.41) is 9.26. The summed E-state index contributed by atoms with van der Waals surface area (Å²) >= 11 is 0. The molecule has 154 valence electrons. The molecule has 3 aliphatic rings. The molecule has 2 amide bonds. The molecule has 6 nitrogen and oxygen atoms in total. The average Bonchev–Trinajstić information content (AvgIpc) is 3.41. The summed E-state index contributed by atoms with van der Waals surface area (Å²) in [6.45, 7) is 8.19. The van der Waals surface area contributed by atoms with Gasteiger partial charge in [-0.3, -0.25) is 14.5 Å². The van der Waals surface area contributed by atoms with E-state index >= 15 is 0 Å². The van der Waals surface area contributed by atoms with Gasteiger partial charge in [0.2, 0.25) is 11.8 Å². The quantitative estimate of drug-likeness (QED) is 0.770. The van der Waals surface area contributed by atoms with E-state index in [1.807, 2.05) is 11.8 Å². The number of amides is 2. The van der Waals surface area contributed by atoms with Gasteiger partial charge in [0.1, 0.15) is 6.04 Å². The standard InChI is InChI=1S/C23H30N4O2/c1-15-6-8-18(9-7-15)17(3)27-20-11-21(23(27)29)25(14-20)13-16(2)22(28)26-10-4-5-19(26)12-24/h6-9,16-17,19-21H,4-5,10-11,13-14H2,1-3H3/t16-,17+,19-,20+,21+/m0/s1. The van der Waals surface area contributed by atoms with Gasteiger partial charge in [-0.2, -0.15) is 5.26 Å². The number of rotatable bonds is 5. The number of carbonyl (C=O) groups is 2. The third-order valence-electron chi connectivity index (χ3n) is 6.91. The van der Waals surface area contributed by atoms with Gasteiger partial charge in [-0.25, -0.2) is 0 Å². The maximum atomic E-state index is 13.1. The van der Waals surface area contributed by atoms with Crippen molar-refractivity contribution in [1.82, 2.24) is 14.7 Å². The highest BCUT2D eigenvalue weighted by atomic mass is 16.2. The zero-order chi connectivity index (χ0) is 20.7. The molecule has 1 aromatic rings. The number of nitrogens with zero attached hydrogens (tertiary/aromatic N) is 4. The van der Waals surface area contributed by atoms with E-state index in [9.17, 15) is 14.9 Å². The zero-order valence-corrected chi connectivity index (χ0v) is 17.5. The summed E-state index contributed by atoms with van der Waals surface area (Å²) in [7, 11) is 0. The fourth-order valence-corrected chi connectivity index (χ4v) is 5.28. The molecule has 3 saturated heterocycles. The highest BCUT2D eigenvalue weighted by Gasteiger charge is 2.51. The van der Waals surface area contributed by atoms with E-state index in [-0.39, 0.29) is 41.9 Å². The van der Waals surface area contributed by atoms with Crippen LogP contribution in [0.2, 0.25) is 0 Å². The fourth-order valence-electron chi connectivity index (χ4n) is 5.28. The smallest absolute Gasteiger partial charge is 0.240 e. The Morgan fingerprint density at radius 3 is 2.66 bits per heavy atom. The lowest BCUT2D eigenvalue weighted by Crippen LogP contribution is -2.53. The van der Waals surface area contributed by atoms with Crippen LogP contribution in [0.25, 0.3) is 0 Å². The minimum absolute atomic E-state index is 0.0501. The highest BCUT2D eigenvalue weighted by molar-refractivity contribution is 5.86. The molecule has 0 N–H and O–H groups in total. The highest BCUT2D eigenvalue weighted by Crippen LogP contribution is 2.38. The number of likely N-dealkylation sites (tertiary alicyclic amines) is 3. The van der Waals surface area contributed by atoms with Crippen molar-refractivity contribution in [3.8, 4) is 6.07 Å². The van der Waals surface area contributed by atoms with Crippen LogP contribution in [0.1, 0.15) is 50.3 Å². The van der Waals surface area contributed by atoms with Gasteiger partial charge in [-0.05, 0) is 38.7 Å². The second-order valence-electron chi connectivity index (χ2n) is 8.91. The Hall–Kier alpha value is -2.39. The summed E-state index contributed by atoms with van der Waals surface area (Å²) in [5.74, 6) is 0.0401. The molecule has 29 heavy (non-hydrogen) atoms. The lowest BCUT2D eigenvalue weighted by atomic mass is 10.0. The van der Waals surface area contributed by atoms with Gasteiger partial charge in [0.15, 0.2) is 0 Å². The molecule has 0 unspecified atom stereocenters. The maximum absolute atomic E-state index is 13.1. The first kappa shape index (κ1) is 19.9. The third-order valence-corrected chi connectivity index (χ3v) is 6.91. The fraction of sp³-hybridized carbons (Fsp3) is 0.609. The number of hydrogen-bond donors (Lipinski definition) is 0. The van der Waals surface area contributed by atoms with Crippen LogP contribution >= 0.6 is 0 Å². The van der Waals surface area contributed by atoms with Gasteiger partial charge in [0, 0.05) is 31.6 Å². The Bertz CT molecular complexity index is 830. The minimum Gasteiger partial charge on any atom is -0.330 e. The van der Waals surface area contributed by atoms with Crippen LogP contribution < -0.4 is 0 Å². The van der Waals surface area contributed by atoms with Crippen molar-refractivity contribution in [2.24, 2.45) is 5.92 Å². The number of nitriles is 1. The molecule has 0 saturated carbocycles. The molecule has 3 aliphatic heterocycles. The Labute approximate surface area is 173 Å². The van der Waals surface area contributed by atoms with E-state index in [2.05, 4.69) is 49.1 Å². The van der Waals surface area contributed by atoms with Gasteiger partial charge in [-0.15, -0.1) is 0 Å². The van der Waals surface area contributed by atoms with E-state index in [1.54, 1.807) is 4.90 Å².